The van der Waals surface area contributed by atoms with Gasteiger partial charge in [0.15, 0.2) is 0 Å². The molecule has 0 amide bonds. The summed E-state index contributed by atoms with van der Waals surface area (Å²) in [6.07, 6.45) is 0. The number of hydrogen-bond donors (Lipinski definition) is 2. The van der Waals surface area contributed by atoms with Crippen LogP contribution in [0.3, 0.4) is 0 Å². The molecule has 0 saturated heterocycles. The van der Waals surface area contributed by atoms with Gasteiger partial charge in [-0.3, -0.25) is 9.82 Å². The summed E-state index contributed by atoms with van der Waals surface area (Å²) in [5.41, 5.74) is 1.59. The second-order valence-electron chi connectivity index (χ2n) is 3.38. The van der Waals surface area contributed by atoms with Crippen LogP contribution in [0.25, 0.3) is 0 Å². The van der Waals surface area contributed by atoms with E-state index in [9.17, 15) is 8.42 Å². The molecule has 0 aromatic carbocycles. The Morgan fingerprint density at radius 1 is 1.44 bits per heavy atom. The molecule has 0 aliphatic rings. The number of hydrogen-bond acceptors (Lipinski definition) is 4. The number of H-pyrrole nitrogens is 1. The van der Waals surface area contributed by atoms with E-state index in [0.29, 0.717) is 17.1 Å². The van der Waals surface area contributed by atoms with Gasteiger partial charge in [-0.1, -0.05) is 0 Å². The van der Waals surface area contributed by atoms with Gasteiger partial charge in [-0.15, -0.1) is 0 Å². The zero-order chi connectivity index (χ0) is 11.8. The molecule has 86 valence electrons. The molecule has 7 heteroatoms. The first-order chi connectivity index (χ1) is 7.50. The van der Waals surface area contributed by atoms with Crippen LogP contribution in [-0.2, 0) is 10.0 Å². The van der Waals surface area contributed by atoms with E-state index in [1.165, 1.54) is 11.3 Å². The molecule has 2 aromatic rings. The fraction of sp³-hybridized carbons (Fsp3) is 0.222. The van der Waals surface area contributed by atoms with Gasteiger partial charge in [0.2, 0.25) is 0 Å². The van der Waals surface area contributed by atoms with Crippen LogP contribution < -0.4 is 4.72 Å². The molecule has 0 saturated carbocycles. The highest BCUT2D eigenvalue weighted by Crippen LogP contribution is 2.21. The van der Waals surface area contributed by atoms with E-state index < -0.39 is 10.0 Å². The fourth-order valence-electron chi connectivity index (χ4n) is 1.47. The number of nitrogens with zero attached hydrogens (tertiary/aromatic N) is 1. The normalized spacial score (nSPS) is 11.6. The first-order valence-corrected chi connectivity index (χ1v) is 7.00. The zero-order valence-electron chi connectivity index (χ0n) is 8.81. The average molecular weight is 257 g/mol. The summed E-state index contributed by atoms with van der Waals surface area (Å²) < 4.78 is 26.6. The molecule has 0 spiro atoms. The number of sulfonamides is 1. The first kappa shape index (κ1) is 11.2. The van der Waals surface area contributed by atoms with Gasteiger partial charge in [0.25, 0.3) is 10.0 Å². The van der Waals surface area contributed by atoms with E-state index in [2.05, 4.69) is 14.9 Å². The summed E-state index contributed by atoms with van der Waals surface area (Å²) in [5, 5.41) is 10.1. The third-order valence-electron chi connectivity index (χ3n) is 2.10. The van der Waals surface area contributed by atoms with Crippen molar-refractivity contribution in [2.24, 2.45) is 0 Å². The zero-order valence-corrected chi connectivity index (χ0v) is 10.4. The number of rotatable bonds is 3. The van der Waals surface area contributed by atoms with Crippen molar-refractivity contribution in [3.63, 3.8) is 0 Å². The summed E-state index contributed by atoms with van der Waals surface area (Å²) in [5.74, 6) is 0. The number of anilines is 1. The second-order valence-corrected chi connectivity index (χ2v) is 5.78. The summed E-state index contributed by atoms with van der Waals surface area (Å²) in [4.78, 5) is 0.221. The smallest absolute Gasteiger partial charge is 0.265 e. The van der Waals surface area contributed by atoms with Gasteiger partial charge in [-0.05, 0) is 25.3 Å². The van der Waals surface area contributed by atoms with E-state index in [-0.39, 0.29) is 4.90 Å². The maximum atomic E-state index is 12.0. The topological polar surface area (TPSA) is 74.8 Å². The van der Waals surface area contributed by atoms with Crippen molar-refractivity contribution in [1.29, 1.82) is 0 Å². The van der Waals surface area contributed by atoms with E-state index in [1.54, 1.807) is 25.3 Å². The molecule has 0 unspecified atom stereocenters. The maximum Gasteiger partial charge on any atom is 0.265 e. The SMILES string of the molecule is Cc1n[nH]c(C)c1S(=O)(=O)Nc1ccsc1. The summed E-state index contributed by atoms with van der Waals surface area (Å²) in [7, 11) is -3.54. The number of aromatic nitrogens is 2. The van der Waals surface area contributed by atoms with Gasteiger partial charge in [0.1, 0.15) is 4.90 Å². The van der Waals surface area contributed by atoms with Crippen molar-refractivity contribution in [2.75, 3.05) is 4.72 Å². The molecule has 0 radical (unpaired) electrons. The summed E-state index contributed by atoms with van der Waals surface area (Å²) in [6.45, 7) is 3.34. The van der Waals surface area contributed by atoms with Gasteiger partial charge in [-0.2, -0.15) is 16.4 Å². The number of nitrogens with one attached hydrogen (secondary N) is 2. The molecule has 0 aliphatic heterocycles. The minimum Gasteiger partial charge on any atom is -0.281 e. The molecule has 0 bridgehead atoms. The van der Waals surface area contributed by atoms with E-state index in [1.807, 2.05) is 5.38 Å². The van der Waals surface area contributed by atoms with Gasteiger partial charge in [0, 0.05) is 5.38 Å². The van der Waals surface area contributed by atoms with Gasteiger partial charge in [0.05, 0.1) is 17.1 Å². The fourth-order valence-corrected chi connectivity index (χ4v) is 3.55. The summed E-state index contributed by atoms with van der Waals surface area (Å²) in [6, 6.07) is 1.72. The standard InChI is InChI=1S/C9H11N3O2S2/c1-6-9(7(2)11-10-6)16(13,14)12-8-3-4-15-5-8/h3-5,12H,1-2H3,(H,10,11). The van der Waals surface area contributed by atoms with E-state index in [4.69, 9.17) is 0 Å². The third kappa shape index (κ3) is 1.96. The Balaban J connectivity index is 2.40. The first-order valence-electron chi connectivity index (χ1n) is 4.57. The molecular weight excluding hydrogens is 246 g/mol. The molecule has 2 rings (SSSR count). The Hall–Kier alpha value is -1.34. The summed E-state index contributed by atoms with van der Waals surface area (Å²) >= 11 is 1.44. The average Bonchev–Trinajstić information content (AvgIpc) is 2.76. The number of aryl methyl sites for hydroxylation is 2. The molecule has 2 aromatic heterocycles. The minimum absolute atomic E-state index is 0.221. The Bertz CT molecular complexity index is 565. The Morgan fingerprint density at radius 3 is 2.69 bits per heavy atom. The lowest BCUT2D eigenvalue weighted by atomic mass is 10.4. The van der Waals surface area contributed by atoms with Crippen LogP contribution in [0.1, 0.15) is 11.4 Å². The highest BCUT2D eigenvalue weighted by molar-refractivity contribution is 7.92. The lowest BCUT2D eigenvalue weighted by Gasteiger charge is -2.05. The Labute approximate surface area is 97.6 Å². The van der Waals surface area contributed by atoms with Gasteiger partial charge < -0.3 is 0 Å². The highest BCUT2D eigenvalue weighted by atomic mass is 32.2. The number of aromatic amines is 1. The Morgan fingerprint density at radius 2 is 2.19 bits per heavy atom. The van der Waals surface area contributed by atoms with Crippen LogP contribution in [0.2, 0.25) is 0 Å². The quantitative estimate of drug-likeness (QED) is 0.881. The van der Waals surface area contributed by atoms with Crippen molar-refractivity contribution in [3.8, 4) is 0 Å². The molecule has 0 atom stereocenters. The number of thiophene rings is 1. The second kappa shape index (κ2) is 3.91. The third-order valence-corrected chi connectivity index (χ3v) is 4.43. The van der Waals surface area contributed by atoms with Gasteiger partial charge >= 0.3 is 0 Å². The molecule has 0 fully saturated rings. The van der Waals surface area contributed by atoms with E-state index >= 15 is 0 Å². The van der Waals surface area contributed by atoms with Crippen molar-refractivity contribution in [1.82, 2.24) is 10.2 Å². The van der Waals surface area contributed by atoms with Crippen LogP contribution >= 0.6 is 11.3 Å². The molecule has 5 nitrogen and oxygen atoms in total. The molecule has 2 N–H and O–H groups in total. The van der Waals surface area contributed by atoms with Crippen molar-refractivity contribution >= 4 is 27.0 Å². The Kier molecular flexibility index (Phi) is 2.73. The van der Waals surface area contributed by atoms with Crippen LogP contribution in [0.4, 0.5) is 5.69 Å². The molecule has 0 aliphatic carbocycles. The lowest BCUT2D eigenvalue weighted by molar-refractivity contribution is 0.600. The lowest BCUT2D eigenvalue weighted by Crippen LogP contribution is -2.14. The van der Waals surface area contributed by atoms with Crippen LogP contribution in [0, 0.1) is 13.8 Å². The van der Waals surface area contributed by atoms with Crippen LogP contribution in [0.5, 0.6) is 0 Å². The van der Waals surface area contributed by atoms with Crippen LogP contribution in [0.15, 0.2) is 21.7 Å². The van der Waals surface area contributed by atoms with Crippen molar-refractivity contribution in [2.45, 2.75) is 18.7 Å². The van der Waals surface area contributed by atoms with E-state index in [0.717, 1.165) is 0 Å². The largest absolute Gasteiger partial charge is 0.281 e. The van der Waals surface area contributed by atoms with Crippen LogP contribution in [-0.4, -0.2) is 18.6 Å². The predicted octanol–water partition coefficient (Wildman–Crippen LogP) is 1.89. The van der Waals surface area contributed by atoms with Crippen molar-refractivity contribution < 1.29 is 8.42 Å². The monoisotopic (exact) mass is 257 g/mol. The highest BCUT2D eigenvalue weighted by Gasteiger charge is 2.22. The maximum absolute atomic E-state index is 12.0. The molecular formula is C9H11N3O2S2. The van der Waals surface area contributed by atoms with Crippen molar-refractivity contribution in [3.05, 3.63) is 28.2 Å². The molecule has 2 heterocycles. The minimum atomic E-state index is -3.54. The predicted molar refractivity (Wildman–Crippen MR) is 63.2 cm³/mol. The van der Waals surface area contributed by atoms with Gasteiger partial charge in [-0.25, -0.2) is 8.42 Å². The molecule has 16 heavy (non-hydrogen) atoms.